The number of hydrogen-bond acceptors (Lipinski definition) is 6. The summed E-state index contributed by atoms with van der Waals surface area (Å²) in [6.45, 7) is 4.42. The lowest BCUT2D eigenvalue weighted by molar-refractivity contribution is -0.384. The third-order valence-electron chi connectivity index (χ3n) is 5.28. The van der Waals surface area contributed by atoms with E-state index in [1.807, 2.05) is 4.57 Å². The van der Waals surface area contributed by atoms with E-state index in [4.69, 9.17) is 0 Å². The Labute approximate surface area is 180 Å². The van der Waals surface area contributed by atoms with Crippen LogP contribution in [0, 0.1) is 16.0 Å². The zero-order valence-corrected chi connectivity index (χ0v) is 17.8. The molecule has 160 valence electrons. The molecule has 1 saturated carbocycles. The van der Waals surface area contributed by atoms with Gasteiger partial charge in [0.2, 0.25) is 5.91 Å². The van der Waals surface area contributed by atoms with E-state index in [9.17, 15) is 14.9 Å². The highest BCUT2D eigenvalue weighted by Gasteiger charge is 2.18. The predicted molar refractivity (Wildman–Crippen MR) is 118 cm³/mol. The van der Waals surface area contributed by atoms with Crippen molar-refractivity contribution in [1.29, 1.82) is 0 Å². The number of aryl methyl sites for hydroxylation is 1. The largest absolute Gasteiger partial charge is 0.325 e. The number of nitro groups is 1. The highest BCUT2D eigenvalue weighted by molar-refractivity contribution is 7.99. The molecular formula is C21H27N5O3S. The molecule has 0 bridgehead atoms. The van der Waals surface area contributed by atoms with Crippen LogP contribution in [0.15, 0.2) is 42.1 Å². The lowest BCUT2D eigenvalue weighted by Gasteiger charge is -2.21. The monoisotopic (exact) mass is 429 g/mol. The van der Waals surface area contributed by atoms with Crippen LogP contribution in [0.5, 0.6) is 0 Å². The summed E-state index contributed by atoms with van der Waals surface area (Å²) >= 11 is 1.30. The number of amides is 1. The van der Waals surface area contributed by atoms with Gasteiger partial charge in [0.05, 0.1) is 10.7 Å². The first-order chi connectivity index (χ1) is 14.6. The predicted octanol–water partition coefficient (Wildman–Crippen LogP) is 4.62. The summed E-state index contributed by atoms with van der Waals surface area (Å²) in [4.78, 5) is 22.7. The van der Waals surface area contributed by atoms with Gasteiger partial charge in [-0.05, 0) is 18.4 Å². The van der Waals surface area contributed by atoms with Crippen LogP contribution in [0.2, 0.25) is 0 Å². The molecule has 30 heavy (non-hydrogen) atoms. The zero-order valence-electron chi connectivity index (χ0n) is 17.0. The first-order valence-corrected chi connectivity index (χ1v) is 11.3. The van der Waals surface area contributed by atoms with Crippen LogP contribution >= 0.6 is 11.8 Å². The first kappa shape index (κ1) is 22.0. The molecule has 1 aliphatic rings. The van der Waals surface area contributed by atoms with Gasteiger partial charge in [-0.2, -0.15) is 0 Å². The molecule has 2 aromatic rings. The maximum atomic E-state index is 12.3. The fourth-order valence-electron chi connectivity index (χ4n) is 3.76. The topological polar surface area (TPSA) is 103 Å². The Bertz CT molecular complexity index is 893. The molecule has 3 rings (SSSR count). The van der Waals surface area contributed by atoms with Gasteiger partial charge >= 0.3 is 0 Å². The van der Waals surface area contributed by atoms with Crippen LogP contribution in [0.4, 0.5) is 11.4 Å². The highest BCUT2D eigenvalue weighted by atomic mass is 32.2. The average Bonchev–Trinajstić information content (AvgIpc) is 3.13. The van der Waals surface area contributed by atoms with Crippen LogP contribution < -0.4 is 5.32 Å². The smallest absolute Gasteiger partial charge is 0.271 e. The minimum atomic E-state index is -0.489. The number of anilines is 1. The summed E-state index contributed by atoms with van der Waals surface area (Å²) in [7, 11) is 0. The van der Waals surface area contributed by atoms with E-state index in [1.54, 1.807) is 18.2 Å². The van der Waals surface area contributed by atoms with Gasteiger partial charge < -0.3 is 9.88 Å². The first-order valence-electron chi connectivity index (χ1n) is 10.3. The normalized spacial score (nSPS) is 14.4. The summed E-state index contributed by atoms with van der Waals surface area (Å²) in [5.41, 5.74) is 0.337. The minimum Gasteiger partial charge on any atom is -0.325 e. The second kappa shape index (κ2) is 10.9. The number of carbonyl (C=O) groups excluding carboxylic acids is 1. The Hall–Kier alpha value is -2.68. The van der Waals surface area contributed by atoms with Crippen molar-refractivity contribution >= 4 is 29.0 Å². The summed E-state index contributed by atoms with van der Waals surface area (Å²) in [5, 5.41) is 22.9. The van der Waals surface area contributed by atoms with E-state index in [0.717, 1.165) is 24.6 Å². The lowest BCUT2D eigenvalue weighted by atomic mass is 9.86. The van der Waals surface area contributed by atoms with Crippen LogP contribution in [-0.4, -0.2) is 31.3 Å². The van der Waals surface area contributed by atoms with Gasteiger partial charge in [-0.25, -0.2) is 0 Å². The molecule has 1 amide bonds. The van der Waals surface area contributed by atoms with Gasteiger partial charge in [0.1, 0.15) is 5.82 Å². The van der Waals surface area contributed by atoms with E-state index in [1.165, 1.54) is 56.0 Å². The SMILES string of the molecule is C=CCn1c(CCC2CCCCC2)nnc1SCC(=O)Nc1cccc([N+](=O)[O-])c1. The van der Waals surface area contributed by atoms with E-state index in [2.05, 4.69) is 22.1 Å². The third-order valence-corrected chi connectivity index (χ3v) is 6.25. The third kappa shape index (κ3) is 6.16. The molecule has 9 heteroatoms. The van der Waals surface area contributed by atoms with Crippen LogP contribution in [0.1, 0.15) is 44.3 Å². The van der Waals surface area contributed by atoms with Crippen molar-refractivity contribution in [2.45, 2.75) is 56.6 Å². The molecule has 0 radical (unpaired) electrons. The molecule has 8 nitrogen and oxygen atoms in total. The molecule has 1 fully saturated rings. The van der Waals surface area contributed by atoms with Crippen LogP contribution in [0.3, 0.4) is 0 Å². The summed E-state index contributed by atoms with van der Waals surface area (Å²) in [5.74, 6) is 1.59. The molecule has 0 aliphatic heterocycles. The van der Waals surface area contributed by atoms with Gasteiger partial charge in [0, 0.05) is 30.8 Å². The summed E-state index contributed by atoms with van der Waals surface area (Å²) < 4.78 is 2.02. The summed E-state index contributed by atoms with van der Waals surface area (Å²) in [6, 6.07) is 5.89. The van der Waals surface area contributed by atoms with Gasteiger partial charge in [-0.3, -0.25) is 14.9 Å². The Morgan fingerprint density at radius 2 is 2.13 bits per heavy atom. The second-order valence-electron chi connectivity index (χ2n) is 7.49. The zero-order chi connectivity index (χ0) is 21.3. The van der Waals surface area contributed by atoms with Crippen LogP contribution in [0.25, 0.3) is 0 Å². The van der Waals surface area contributed by atoms with Crippen molar-refractivity contribution in [3.63, 3.8) is 0 Å². The quantitative estimate of drug-likeness (QED) is 0.256. The molecule has 1 aliphatic carbocycles. The van der Waals surface area contributed by atoms with Crippen molar-refractivity contribution in [2.24, 2.45) is 5.92 Å². The van der Waals surface area contributed by atoms with Crippen molar-refractivity contribution in [2.75, 3.05) is 11.1 Å². The molecule has 0 atom stereocenters. The molecule has 1 N–H and O–H groups in total. The Morgan fingerprint density at radius 1 is 1.33 bits per heavy atom. The maximum Gasteiger partial charge on any atom is 0.271 e. The molecule has 0 unspecified atom stereocenters. The number of aromatic nitrogens is 3. The summed E-state index contributed by atoms with van der Waals surface area (Å²) in [6.07, 6.45) is 10.4. The number of nitrogens with one attached hydrogen (secondary N) is 1. The van der Waals surface area contributed by atoms with Gasteiger partial charge in [-0.15, -0.1) is 16.8 Å². The number of benzene rings is 1. The van der Waals surface area contributed by atoms with E-state index in [-0.39, 0.29) is 17.3 Å². The number of nitrogens with zero attached hydrogens (tertiary/aromatic N) is 4. The molecular weight excluding hydrogens is 402 g/mol. The minimum absolute atomic E-state index is 0.0613. The molecule has 1 aromatic heterocycles. The van der Waals surface area contributed by atoms with Crippen molar-refractivity contribution in [3.05, 3.63) is 52.9 Å². The van der Waals surface area contributed by atoms with Crippen molar-refractivity contribution in [1.82, 2.24) is 14.8 Å². The fraction of sp³-hybridized carbons (Fsp3) is 0.476. The standard InChI is InChI=1S/C21H27N5O3S/c1-2-13-25-19(12-11-16-7-4-3-5-8-16)23-24-21(25)30-15-20(27)22-17-9-6-10-18(14-17)26(28)29/h2,6,9-10,14,16H,1,3-5,7-8,11-13,15H2,(H,22,27). The number of thioether (sulfide) groups is 1. The van der Waals surface area contributed by atoms with Crippen molar-refractivity contribution < 1.29 is 9.72 Å². The number of nitro benzene ring substituents is 1. The number of hydrogen-bond donors (Lipinski definition) is 1. The van der Waals surface area contributed by atoms with E-state index in [0.29, 0.717) is 17.4 Å². The molecule has 0 saturated heterocycles. The molecule has 0 spiro atoms. The number of non-ortho nitro benzene ring substituents is 1. The highest BCUT2D eigenvalue weighted by Crippen LogP contribution is 2.28. The molecule has 1 heterocycles. The maximum absolute atomic E-state index is 12.3. The van der Waals surface area contributed by atoms with Gasteiger partial charge in [0.25, 0.3) is 5.69 Å². The lowest BCUT2D eigenvalue weighted by Crippen LogP contribution is -2.15. The number of carbonyl (C=O) groups is 1. The van der Waals surface area contributed by atoms with E-state index >= 15 is 0 Å². The van der Waals surface area contributed by atoms with Crippen LogP contribution in [-0.2, 0) is 17.8 Å². The number of rotatable bonds is 10. The van der Waals surface area contributed by atoms with Gasteiger partial charge in [0.15, 0.2) is 5.16 Å². The van der Waals surface area contributed by atoms with Crippen molar-refractivity contribution in [3.8, 4) is 0 Å². The Balaban J connectivity index is 1.56. The second-order valence-corrected chi connectivity index (χ2v) is 8.43. The number of allylic oxidation sites excluding steroid dienone is 1. The average molecular weight is 430 g/mol. The Morgan fingerprint density at radius 3 is 2.87 bits per heavy atom. The fourth-order valence-corrected chi connectivity index (χ4v) is 4.52. The molecule has 1 aromatic carbocycles. The van der Waals surface area contributed by atoms with E-state index < -0.39 is 4.92 Å². The Kier molecular flexibility index (Phi) is 8.01. The van der Waals surface area contributed by atoms with Gasteiger partial charge in [-0.1, -0.05) is 56.0 Å².